The number of benzene rings is 1. The summed E-state index contributed by atoms with van der Waals surface area (Å²) in [6.45, 7) is 0. The number of rotatable bonds is 3. The van der Waals surface area contributed by atoms with Crippen molar-refractivity contribution in [2.45, 2.75) is 18.8 Å². The van der Waals surface area contributed by atoms with Gasteiger partial charge in [0.25, 0.3) is 0 Å². The Morgan fingerprint density at radius 3 is 2.65 bits per heavy atom. The van der Waals surface area contributed by atoms with Crippen LogP contribution in [0.1, 0.15) is 24.3 Å². The summed E-state index contributed by atoms with van der Waals surface area (Å²) in [7, 11) is 0. The van der Waals surface area contributed by atoms with Crippen LogP contribution in [0, 0.1) is 28.5 Å². The smallest absolute Gasteiger partial charge is 0.145 e. The van der Waals surface area contributed by atoms with Crippen molar-refractivity contribution >= 4 is 5.69 Å². The van der Waals surface area contributed by atoms with E-state index in [0.29, 0.717) is 17.2 Å². The van der Waals surface area contributed by atoms with E-state index < -0.39 is 0 Å². The number of halogens is 1. The first-order chi connectivity index (χ1) is 8.24. The van der Waals surface area contributed by atoms with Gasteiger partial charge in [0.2, 0.25) is 0 Å². The maximum absolute atomic E-state index is 13.4. The Kier molecular flexibility index (Phi) is 3.07. The average Bonchev–Trinajstić information content (AvgIpc) is 3.16. The minimum absolute atomic E-state index is 0.0118. The van der Waals surface area contributed by atoms with Crippen molar-refractivity contribution in [3.8, 4) is 12.1 Å². The SMILES string of the molecule is N#CC(C#N)=CNc1ccc(F)c(C2CC2)c1. The molecule has 0 saturated heterocycles. The number of nitrogens with one attached hydrogen (secondary N) is 1. The highest BCUT2D eigenvalue weighted by molar-refractivity contribution is 5.52. The van der Waals surface area contributed by atoms with Crippen LogP contribution in [0.15, 0.2) is 30.0 Å². The van der Waals surface area contributed by atoms with Crippen molar-refractivity contribution in [3.05, 3.63) is 41.4 Å². The summed E-state index contributed by atoms with van der Waals surface area (Å²) in [5.41, 5.74) is 1.39. The second kappa shape index (κ2) is 4.67. The molecule has 0 heterocycles. The molecule has 0 atom stereocenters. The van der Waals surface area contributed by atoms with Gasteiger partial charge in [-0.25, -0.2) is 4.39 Å². The first kappa shape index (κ1) is 11.2. The minimum Gasteiger partial charge on any atom is -0.360 e. The Morgan fingerprint density at radius 1 is 1.35 bits per heavy atom. The molecule has 1 N–H and O–H groups in total. The van der Waals surface area contributed by atoms with Crippen LogP contribution in [0.3, 0.4) is 0 Å². The number of nitriles is 2. The first-order valence-electron chi connectivity index (χ1n) is 5.31. The Morgan fingerprint density at radius 2 is 2.06 bits per heavy atom. The lowest BCUT2D eigenvalue weighted by atomic mass is 10.1. The van der Waals surface area contributed by atoms with Crippen LogP contribution < -0.4 is 5.32 Å². The number of hydrogen-bond donors (Lipinski definition) is 1. The van der Waals surface area contributed by atoms with Gasteiger partial charge in [-0.1, -0.05) is 0 Å². The zero-order chi connectivity index (χ0) is 12.3. The third kappa shape index (κ3) is 2.62. The minimum atomic E-state index is -0.192. The Labute approximate surface area is 98.8 Å². The van der Waals surface area contributed by atoms with Crippen LogP contribution in [0.25, 0.3) is 0 Å². The van der Waals surface area contributed by atoms with E-state index in [0.717, 1.165) is 12.8 Å². The van der Waals surface area contributed by atoms with Gasteiger partial charge in [0.1, 0.15) is 23.5 Å². The predicted octanol–water partition coefficient (Wildman–Crippen LogP) is 3.05. The zero-order valence-electron chi connectivity index (χ0n) is 9.07. The molecule has 0 spiro atoms. The molecule has 3 nitrogen and oxygen atoms in total. The Bertz CT molecular complexity index is 529. The van der Waals surface area contributed by atoms with E-state index in [-0.39, 0.29) is 11.4 Å². The van der Waals surface area contributed by atoms with E-state index in [2.05, 4.69) is 5.32 Å². The fourth-order valence-electron chi connectivity index (χ4n) is 1.59. The van der Waals surface area contributed by atoms with Crippen LogP contribution in [-0.2, 0) is 0 Å². The summed E-state index contributed by atoms with van der Waals surface area (Å²) >= 11 is 0. The molecule has 0 aliphatic heterocycles. The number of allylic oxidation sites excluding steroid dienone is 1. The van der Waals surface area contributed by atoms with Crippen LogP contribution in [-0.4, -0.2) is 0 Å². The molecule has 1 aromatic carbocycles. The molecule has 1 aromatic rings. The predicted molar refractivity (Wildman–Crippen MR) is 61.3 cm³/mol. The maximum atomic E-state index is 13.4. The molecule has 1 saturated carbocycles. The summed E-state index contributed by atoms with van der Waals surface area (Å²) < 4.78 is 13.4. The summed E-state index contributed by atoms with van der Waals surface area (Å²) in [6.07, 6.45) is 3.37. The van der Waals surface area contributed by atoms with Crippen molar-refractivity contribution < 1.29 is 4.39 Å². The number of anilines is 1. The van der Waals surface area contributed by atoms with Crippen molar-refractivity contribution in [2.75, 3.05) is 5.32 Å². The van der Waals surface area contributed by atoms with Crippen LogP contribution in [0.2, 0.25) is 0 Å². The Hall–Kier alpha value is -2.33. The van der Waals surface area contributed by atoms with Gasteiger partial charge in [-0.2, -0.15) is 10.5 Å². The lowest BCUT2D eigenvalue weighted by molar-refractivity contribution is 0.611. The summed E-state index contributed by atoms with van der Waals surface area (Å²) in [5.74, 6) is 0.134. The molecular weight excluding hydrogens is 217 g/mol. The lowest BCUT2D eigenvalue weighted by Crippen LogP contribution is -1.93. The quantitative estimate of drug-likeness (QED) is 0.807. The molecule has 0 radical (unpaired) electrons. The third-order valence-electron chi connectivity index (χ3n) is 2.64. The monoisotopic (exact) mass is 227 g/mol. The van der Waals surface area contributed by atoms with Crippen molar-refractivity contribution in [1.29, 1.82) is 10.5 Å². The third-order valence-corrected chi connectivity index (χ3v) is 2.64. The topological polar surface area (TPSA) is 59.6 Å². The normalized spacial score (nSPS) is 13.4. The molecule has 0 bridgehead atoms. The van der Waals surface area contributed by atoms with E-state index in [1.165, 1.54) is 12.3 Å². The first-order valence-corrected chi connectivity index (χ1v) is 5.31. The van der Waals surface area contributed by atoms with E-state index in [1.807, 2.05) is 0 Å². The molecule has 1 fully saturated rings. The molecule has 1 aliphatic carbocycles. The van der Waals surface area contributed by atoms with Crippen molar-refractivity contribution in [2.24, 2.45) is 0 Å². The van der Waals surface area contributed by atoms with Crippen LogP contribution in [0.4, 0.5) is 10.1 Å². The molecule has 0 unspecified atom stereocenters. The van der Waals surface area contributed by atoms with Gasteiger partial charge >= 0.3 is 0 Å². The summed E-state index contributed by atoms with van der Waals surface area (Å²) in [4.78, 5) is 0. The van der Waals surface area contributed by atoms with Gasteiger partial charge < -0.3 is 5.32 Å². The fraction of sp³-hybridized carbons (Fsp3) is 0.231. The molecule has 2 rings (SSSR count). The van der Waals surface area contributed by atoms with Gasteiger partial charge in [-0.05, 0) is 42.5 Å². The molecular formula is C13H10FN3. The van der Waals surface area contributed by atoms with Gasteiger partial charge in [0.15, 0.2) is 0 Å². The average molecular weight is 227 g/mol. The highest BCUT2D eigenvalue weighted by Crippen LogP contribution is 2.42. The second-order valence-corrected chi connectivity index (χ2v) is 3.94. The van der Waals surface area contributed by atoms with Crippen molar-refractivity contribution in [1.82, 2.24) is 0 Å². The molecule has 0 aromatic heterocycles. The van der Waals surface area contributed by atoms with E-state index in [9.17, 15) is 4.39 Å². The van der Waals surface area contributed by atoms with E-state index >= 15 is 0 Å². The van der Waals surface area contributed by atoms with Gasteiger partial charge in [-0.15, -0.1) is 0 Å². The van der Waals surface area contributed by atoms with E-state index in [4.69, 9.17) is 10.5 Å². The maximum Gasteiger partial charge on any atom is 0.145 e. The standard InChI is InChI=1S/C13H10FN3/c14-13-4-3-11(5-12(13)10-1-2-10)17-8-9(6-15)7-16/h3-5,8,10,17H,1-2H2. The highest BCUT2D eigenvalue weighted by atomic mass is 19.1. The van der Waals surface area contributed by atoms with E-state index in [1.54, 1.807) is 24.3 Å². The molecule has 1 aliphatic rings. The highest BCUT2D eigenvalue weighted by Gasteiger charge is 2.26. The van der Waals surface area contributed by atoms with Gasteiger partial charge in [0.05, 0.1) is 0 Å². The molecule has 17 heavy (non-hydrogen) atoms. The molecule has 84 valence electrons. The zero-order valence-corrected chi connectivity index (χ0v) is 9.07. The molecule has 0 amide bonds. The number of nitrogens with zero attached hydrogens (tertiary/aromatic N) is 2. The summed E-state index contributed by atoms with van der Waals surface area (Å²) in [6, 6.07) is 8.22. The summed E-state index contributed by atoms with van der Waals surface area (Å²) in [5, 5.41) is 19.9. The number of hydrogen-bond acceptors (Lipinski definition) is 3. The Balaban J connectivity index is 2.18. The van der Waals surface area contributed by atoms with Crippen molar-refractivity contribution in [3.63, 3.8) is 0 Å². The van der Waals surface area contributed by atoms with Gasteiger partial charge in [0, 0.05) is 11.9 Å². The molecule has 4 heteroatoms. The lowest BCUT2D eigenvalue weighted by Gasteiger charge is -2.05. The fourth-order valence-corrected chi connectivity index (χ4v) is 1.59. The van der Waals surface area contributed by atoms with Crippen LogP contribution >= 0.6 is 0 Å². The van der Waals surface area contributed by atoms with Crippen LogP contribution in [0.5, 0.6) is 0 Å². The second-order valence-electron chi connectivity index (χ2n) is 3.94. The largest absolute Gasteiger partial charge is 0.360 e. The van der Waals surface area contributed by atoms with Gasteiger partial charge in [-0.3, -0.25) is 0 Å².